The molecule has 1 aromatic carbocycles. The molecule has 0 amide bonds. The summed E-state index contributed by atoms with van der Waals surface area (Å²) < 4.78 is 6.54. The number of oxazole rings is 1. The maximum absolute atomic E-state index is 5.67. The zero-order chi connectivity index (χ0) is 10.8. The maximum Gasteiger partial charge on any atom is 0.211 e. The lowest BCUT2D eigenvalue weighted by Crippen LogP contribution is -2.04. The molecule has 1 atom stereocenters. The molecule has 4 heteroatoms. The Kier molecular flexibility index (Phi) is 2.88. The first-order valence-electron chi connectivity index (χ1n) is 4.64. The third kappa shape index (κ3) is 2.27. The van der Waals surface area contributed by atoms with Crippen molar-refractivity contribution in [3.63, 3.8) is 0 Å². The van der Waals surface area contributed by atoms with E-state index in [1.807, 2.05) is 31.2 Å². The van der Waals surface area contributed by atoms with Crippen LogP contribution in [0.4, 0.5) is 0 Å². The van der Waals surface area contributed by atoms with Crippen LogP contribution in [-0.2, 0) is 0 Å². The van der Waals surface area contributed by atoms with E-state index < -0.39 is 0 Å². The van der Waals surface area contributed by atoms with Crippen LogP contribution in [0.2, 0.25) is 0 Å². The number of rotatable bonds is 2. The summed E-state index contributed by atoms with van der Waals surface area (Å²) in [6.07, 6.45) is 1.69. The molecule has 0 aliphatic heterocycles. The number of halogens is 1. The zero-order valence-electron chi connectivity index (χ0n) is 8.27. The van der Waals surface area contributed by atoms with Gasteiger partial charge < -0.3 is 10.2 Å². The molecule has 1 heterocycles. The second-order valence-corrected chi connectivity index (χ2v) is 4.28. The van der Waals surface area contributed by atoms with Crippen LogP contribution in [0.5, 0.6) is 0 Å². The van der Waals surface area contributed by atoms with Crippen molar-refractivity contribution in [1.82, 2.24) is 4.98 Å². The molecular formula is C11H11BrN2O. The van der Waals surface area contributed by atoms with Gasteiger partial charge in [0.1, 0.15) is 0 Å². The van der Waals surface area contributed by atoms with Crippen molar-refractivity contribution in [2.24, 2.45) is 5.73 Å². The van der Waals surface area contributed by atoms with Gasteiger partial charge in [0.05, 0.1) is 12.2 Å². The molecule has 0 spiro atoms. The third-order valence-electron chi connectivity index (χ3n) is 2.02. The summed E-state index contributed by atoms with van der Waals surface area (Å²) >= 11 is 3.41. The Balaban J connectivity index is 2.37. The largest absolute Gasteiger partial charge is 0.439 e. The molecule has 2 N–H and O–H groups in total. The number of hydrogen-bond acceptors (Lipinski definition) is 3. The lowest BCUT2D eigenvalue weighted by molar-refractivity contribution is 0.473. The van der Waals surface area contributed by atoms with Gasteiger partial charge in [-0.3, -0.25) is 0 Å². The monoisotopic (exact) mass is 266 g/mol. The summed E-state index contributed by atoms with van der Waals surface area (Å²) in [6.45, 7) is 1.84. The summed E-state index contributed by atoms with van der Waals surface area (Å²) in [7, 11) is 0. The van der Waals surface area contributed by atoms with E-state index in [1.54, 1.807) is 6.20 Å². The van der Waals surface area contributed by atoms with E-state index >= 15 is 0 Å². The summed E-state index contributed by atoms with van der Waals surface area (Å²) in [5.74, 6) is 1.30. The van der Waals surface area contributed by atoms with Gasteiger partial charge in [-0.1, -0.05) is 28.1 Å². The third-order valence-corrected chi connectivity index (χ3v) is 2.52. The van der Waals surface area contributed by atoms with E-state index in [2.05, 4.69) is 20.9 Å². The van der Waals surface area contributed by atoms with E-state index in [0.29, 0.717) is 5.89 Å². The van der Waals surface area contributed by atoms with E-state index in [0.717, 1.165) is 15.8 Å². The standard InChI is InChI=1S/C11H11BrN2O/c1-7(13)11-14-6-10(15-11)8-3-2-4-9(12)5-8/h2-7H,13H2,1H3/t7-/m0/s1. The lowest BCUT2D eigenvalue weighted by atomic mass is 10.2. The second-order valence-electron chi connectivity index (χ2n) is 3.36. The van der Waals surface area contributed by atoms with E-state index in [4.69, 9.17) is 10.2 Å². The van der Waals surface area contributed by atoms with E-state index in [-0.39, 0.29) is 6.04 Å². The van der Waals surface area contributed by atoms with Crippen LogP contribution >= 0.6 is 15.9 Å². The number of hydrogen-bond donors (Lipinski definition) is 1. The minimum atomic E-state index is -0.175. The van der Waals surface area contributed by atoms with Crippen molar-refractivity contribution in [3.8, 4) is 11.3 Å². The van der Waals surface area contributed by atoms with Gasteiger partial charge in [-0.05, 0) is 19.1 Å². The van der Waals surface area contributed by atoms with Crippen molar-refractivity contribution < 1.29 is 4.42 Å². The highest BCUT2D eigenvalue weighted by molar-refractivity contribution is 9.10. The van der Waals surface area contributed by atoms with Gasteiger partial charge in [-0.2, -0.15) is 0 Å². The summed E-state index contributed by atoms with van der Waals surface area (Å²) in [5, 5.41) is 0. The first-order chi connectivity index (χ1) is 7.16. The van der Waals surface area contributed by atoms with Crippen LogP contribution in [0.1, 0.15) is 18.9 Å². The Morgan fingerprint density at radius 1 is 1.47 bits per heavy atom. The topological polar surface area (TPSA) is 52.0 Å². The number of benzene rings is 1. The molecule has 0 bridgehead atoms. The minimum absolute atomic E-state index is 0.175. The highest BCUT2D eigenvalue weighted by Gasteiger charge is 2.09. The summed E-state index contributed by atoms with van der Waals surface area (Å²) in [4.78, 5) is 4.11. The molecule has 0 aliphatic carbocycles. The van der Waals surface area contributed by atoms with Gasteiger partial charge in [0, 0.05) is 10.0 Å². The smallest absolute Gasteiger partial charge is 0.211 e. The van der Waals surface area contributed by atoms with Crippen LogP contribution in [0.15, 0.2) is 39.4 Å². The fraction of sp³-hybridized carbons (Fsp3) is 0.182. The van der Waals surface area contributed by atoms with Crippen molar-refractivity contribution in [1.29, 1.82) is 0 Å². The normalized spacial score (nSPS) is 12.7. The maximum atomic E-state index is 5.67. The SMILES string of the molecule is C[C@H](N)c1ncc(-c2cccc(Br)c2)o1. The fourth-order valence-corrected chi connectivity index (χ4v) is 1.67. The Morgan fingerprint density at radius 3 is 2.87 bits per heavy atom. The molecule has 0 radical (unpaired) electrons. The molecule has 0 unspecified atom stereocenters. The van der Waals surface area contributed by atoms with Gasteiger partial charge in [0.2, 0.25) is 5.89 Å². The van der Waals surface area contributed by atoms with Gasteiger partial charge >= 0.3 is 0 Å². The fourth-order valence-electron chi connectivity index (χ4n) is 1.27. The Hall–Kier alpha value is -1.13. The molecule has 2 aromatic rings. The lowest BCUT2D eigenvalue weighted by Gasteiger charge is -1.98. The first-order valence-corrected chi connectivity index (χ1v) is 5.43. The molecule has 1 aromatic heterocycles. The van der Waals surface area contributed by atoms with Gasteiger partial charge in [0.15, 0.2) is 5.76 Å². The van der Waals surface area contributed by atoms with Crippen LogP contribution < -0.4 is 5.73 Å². The average Bonchev–Trinajstić information content (AvgIpc) is 2.66. The van der Waals surface area contributed by atoms with Crippen LogP contribution in [0.25, 0.3) is 11.3 Å². The average molecular weight is 267 g/mol. The quantitative estimate of drug-likeness (QED) is 0.909. The molecule has 0 saturated heterocycles. The highest BCUT2D eigenvalue weighted by atomic mass is 79.9. The molecule has 0 fully saturated rings. The molecule has 2 rings (SSSR count). The van der Waals surface area contributed by atoms with Gasteiger partial charge in [-0.25, -0.2) is 4.98 Å². The molecule has 78 valence electrons. The predicted octanol–water partition coefficient (Wildman–Crippen LogP) is 3.12. The second kappa shape index (κ2) is 4.16. The predicted molar refractivity (Wildman–Crippen MR) is 62.2 cm³/mol. The molecule has 0 aliphatic rings. The zero-order valence-corrected chi connectivity index (χ0v) is 9.86. The van der Waals surface area contributed by atoms with E-state index in [1.165, 1.54) is 0 Å². The highest BCUT2D eigenvalue weighted by Crippen LogP contribution is 2.24. The van der Waals surface area contributed by atoms with E-state index in [9.17, 15) is 0 Å². The van der Waals surface area contributed by atoms with Gasteiger partial charge in [-0.15, -0.1) is 0 Å². The van der Waals surface area contributed by atoms with Gasteiger partial charge in [0.25, 0.3) is 0 Å². The Labute approximate surface area is 96.4 Å². The number of nitrogens with zero attached hydrogens (tertiary/aromatic N) is 1. The van der Waals surface area contributed by atoms with Crippen molar-refractivity contribution in [3.05, 3.63) is 40.8 Å². The Bertz CT molecular complexity index is 465. The summed E-state index contributed by atoms with van der Waals surface area (Å²) in [5.41, 5.74) is 6.66. The van der Waals surface area contributed by atoms with Crippen molar-refractivity contribution in [2.45, 2.75) is 13.0 Å². The molecule has 15 heavy (non-hydrogen) atoms. The number of aromatic nitrogens is 1. The van der Waals surface area contributed by atoms with Crippen LogP contribution in [0.3, 0.4) is 0 Å². The van der Waals surface area contributed by atoms with Crippen molar-refractivity contribution >= 4 is 15.9 Å². The first kappa shape index (κ1) is 10.4. The minimum Gasteiger partial charge on any atom is -0.439 e. The molecular weight excluding hydrogens is 256 g/mol. The van der Waals surface area contributed by atoms with Crippen molar-refractivity contribution in [2.75, 3.05) is 0 Å². The molecule has 3 nitrogen and oxygen atoms in total. The Morgan fingerprint density at radius 2 is 2.27 bits per heavy atom. The van der Waals surface area contributed by atoms with Crippen LogP contribution in [-0.4, -0.2) is 4.98 Å². The molecule has 0 saturated carbocycles. The summed E-state index contributed by atoms with van der Waals surface area (Å²) in [6, 6.07) is 7.69. The van der Waals surface area contributed by atoms with Crippen LogP contribution in [0, 0.1) is 0 Å². The number of nitrogens with two attached hydrogens (primary N) is 1.